The normalized spacial score (nSPS) is 17.2. The third-order valence-electron chi connectivity index (χ3n) is 5.66. The number of nitro benzene ring substituents is 1. The Balaban J connectivity index is 1.33. The van der Waals surface area contributed by atoms with E-state index in [9.17, 15) is 18.5 Å². The van der Waals surface area contributed by atoms with Gasteiger partial charge in [0.25, 0.3) is 5.69 Å². The van der Waals surface area contributed by atoms with E-state index >= 15 is 0 Å². The molecule has 1 N–H and O–H groups in total. The zero-order chi connectivity index (χ0) is 23.4. The zero-order valence-corrected chi connectivity index (χ0v) is 19.0. The maximum Gasteiger partial charge on any atom is 0.269 e. The van der Waals surface area contributed by atoms with Crippen molar-refractivity contribution in [1.82, 2.24) is 19.8 Å². The van der Waals surface area contributed by atoms with Gasteiger partial charge in [-0.3, -0.25) is 15.0 Å². The molecule has 1 aliphatic rings. The van der Waals surface area contributed by atoms with Crippen molar-refractivity contribution in [3.8, 4) is 11.4 Å². The fourth-order valence-electron chi connectivity index (χ4n) is 3.85. The quantitative estimate of drug-likeness (QED) is 0.391. The molecule has 1 saturated heterocycles. The van der Waals surface area contributed by atoms with Gasteiger partial charge in [-0.2, -0.15) is 4.98 Å². The van der Waals surface area contributed by atoms with Crippen LogP contribution in [0.1, 0.15) is 24.3 Å². The Morgan fingerprint density at radius 1 is 1.18 bits per heavy atom. The molecular formula is C22H25N5O5S. The number of non-ortho nitro benzene ring substituents is 1. The Morgan fingerprint density at radius 3 is 2.61 bits per heavy atom. The number of sulfonamides is 1. The van der Waals surface area contributed by atoms with Crippen LogP contribution in [0.3, 0.4) is 0 Å². The van der Waals surface area contributed by atoms with E-state index in [-0.39, 0.29) is 16.5 Å². The number of rotatable bonds is 8. The second kappa shape index (κ2) is 9.77. The number of piperidine rings is 1. The molecule has 3 aromatic rings. The predicted octanol–water partition coefficient (Wildman–Crippen LogP) is 3.14. The number of likely N-dealkylation sites (tertiary alicyclic amines) is 1. The van der Waals surface area contributed by atoms with Gasteiger partial charge in [-0.1, -0.05) is 22.9 Å². The minimum atomic E-state index is -3.54. The molecule has 1 atom stereocenters. The van der Waals surface area contributed by atoms with Gasteiger partial charge in [-0.15, -0.1) is 0 Å². The zero-order valence-electron chi connectivity index (χ0n) is 18.2. The second-order valence-electron chi connectivity index (χ2n) is 8.22. The summed E-state index contributed by atoms with van der Waals surface area (Å²) in [5.41, 5.74) is 1.65. The van der Waals surface area contributed by atoms with Gasteiger partial charge < -0.3 is 4.52 Å². The maximum atomic E-state index is 12.6. The van der Waals surface area contributed by atoms with Crippen LogP contribution in [0.4, 0.5) is 5.69 Å². The van der Waals surface area contributed by atoms with Crippen LogP contribution in [-0.4, -0.2) is 48.0 Å². The molecule has 0 bridgehead atoms. The molecule has 4 rings (SSSR count). The van der Waals surface area contributed by atoms with Crippen LogP contribution in [-0.2, 0) is 16.6 Å². The topological polar surface area (TPSA) is 131 Å². The largest absolute Gasteiger partial charge is 0.338 e. The first-order valence-electron chi connectivity index (χ1n) is 10.7. The lowest BCUT2D eigenvalue weighted by atomic mass is 9.98. The number of nitro groups is 1. The number of hydrogen-bond acceptors (Lipinski definition) is 8. The summed E-state index contributed by atoms with van der Waals surface area (Å²) in [6, 6.07) is 12.8. The van der Waals surface area contributed by atoms with Gasteiger partial charge >= 0.3 is 0 Å². The van der Waals surface area contributed by atoms with Crippen LogP contribution in [0.15, 0.2) is 57.9 Å². The summed E-state index contributed by atoms with van der Waals surface area (Å²) in [5, 5.41) is 14.8. The second-order valence-corrected chi connectivity index (χ2v) is 9.99. The Labute approximate surface area is 191 Å². The monoisotopic (exact) mass is 471 g/mol. The molecule has 0 spiro atoms. The summed E-state index contributed by atoms with van der Waals surface area (Å²) in [4.78, 5) is 17.2. The Hall–Kier alpha value is -3.15. The van der Waals surface area contributed by atoms with Crippen molar-refractivity contribution in [1.29, 1.82) is 0 Å². The highest BCUT2D eigenvalue weighted by molar-refractivity contribution is 7.89. The van der Waals surface area contributed by atoms with Crippen LogP contribution in [0.25, 0.3) is 11.4 Å². The highest BCUT2D eigenvalue weighted by Crippen LogP contribution is 2.22. The smallest absolute Gasteiger partial charge is 0.269 e. The van der Waals surface area contributed by atoms with Crippen LogP contribution < -0.4 is 4.72 Å². The number of aryl methyl sites for hydroxylation is 1. The lowest BCUT2D eigenvalue weighted by Gasteiger charge is -2.31. The molecule has 10 nitrogen and oxygen atoms in total. The van der Waals surface area contributed by atoms with E-state index in [0.29, 0.717) is 36.9 Å². The van der Waals surface area contributed by atoms with Crippen LogP contribution in [0.2, 0.25) is 0 Å². The maximum absolute atomic E-state index is 12.6. The number of hydrogen-bond donors (Lipinski definition) is 1. The standard InChI is InChI=1S/C22H25N5O5S/c1-16-4-10-20(11-5-16)33(30,31)23-13-17-3-2-12-26(14-17)15-21-24-22(25-32-21)18-6-8-19(9-7-18)27(28)29/h4-11,17,23H,2-3,12-15H2,1H3. The first-order valence-corrected chi connectivity index (χ1v) is 12.1. The van der Waals surface area contributed by atoms with Crippen molar-refractivity contribution in [2.75, 3.05) is 19.6 Å². The average Bonchev–Trinajstić information content (AvgIpc) is 3.27. The van der Waals surface area contributed by atoms with Gasteiger partial charge in [0.15, 0.2) is 0 Å². The lowest BCUT2D eigenvalue weighted by molar-refractivity contribution is -0.384. The van der Waals surface area contributed by atoms with Crippen molar-refractivity contribution in [3.63, 3.8) is 0 Å². The summed E-state index contributed by atoms with van der Waals surface area (Å²) in [6.45, 7) is 4.31. The van der Waals surface area contributed by atoms with Crippen molar-refractivity contribution >= 4 is 15.7 Å². The van der Waals surface area contributed by atoms with Crippen molar-refractivity contribution in [2.24, 2.45) is 5.92 Å². The average molecular weight is 472 g/mol. The molecule has 1 aliphatic heterocycles. The van der Waals surface area contributed by atoms with Gasteiger partial charge in [0.05, 0.1) is 16.4 Å². The van der Waals surface area contributed by atoms with Gasteiger partial charge in [0.2, 0.25) is 21.7 Å². The van der Waals surface area contributed by atoms with Crippen LogP contribution in [0.5, 0.6) is 0 Å². The molecule has 0 aliphatic carbocycles. The number of nitrogens with zero attached hydrogens (tertiary/aromatic N) is 4. The fourth-order valence-corrected chi connectivity index (χ4v) is 4.97. The minimum Gasteiger partial charge on any atom is -0.338 e. The molecule has 2 aromatic carbocycles. The third kappa shape index (κ3) is 5.81. The molecule has 1 aromatic heterocycles. The number of aromatic nitrogens is 2. The molecule has 2 heterocycles. The molecule has 0 amide bonds. The van der Waals surface area contributed by atoms with E-state index in [0.717, 1.165) is 24.9 Å². The van der Waals surface area contributed by atoms with Crippen molar-refractivity contribution in [2.45, 2.75) is 31.2 Å². The van der Waals surface area contributed by atoms with Crippen LogP contribution >= 0.6 is 0 Å². The summed E-state index contributed by atoms with van der Waals surface area (Å²) in [7, 11) is -3.54. The summed E-state index contributed by atoms with van der Waals surface area (Å²) >= 11 is 0. The van der Waals surface area contributed by atoms with Crippen molar-refractivity contribution < 1.29 is 17.9 Å². The molecule has 0 radical (unpaired) electrons. The van der Waals surface area contributed by atoms with Gasteiger partial charge in [0, 0.05) is 30.8 Å². The molecule has 11 heteroatoms. The molecule has 0 saturated carbocycles. The predicted molar refractivity (Wildman–Crippen MR) is 121 cm³/mol. The Kier molecular flexibility index (Phi) is 6.82. The van der Waals surface area contributed by atoms with Crippen LogP contribution in [0, 0.1) is 23.0 Å². The van der Waals surface area contributed by atoms with Gasteiger partial charge in [-0.25, -0.2) is 13.1 Å². The highest BCUT2D eigenvalue weighted by Gasteiger charge is 2.24. The molecule has 1 fully saturated rings. The van der Waals surface area contributed by atoms with E-state index in [1.807, 2.05) is 6.92 Å². The highest BCUT2D eigenvalue weighted by atomic mass is 32.2. The number of nitrogens with one attached hydrogen (secondary N) is 1. The molecule has 1 unspecified atom stereocenters. The minimum absolute atomic E-state index is 0.000158. The van der Waals surface area contributed by atoms with E-state index in [1.165, 1.54) is 12.1 Å². The summed E-state index contributed by atoms with van der Waals surface area (Å²) in [5.74, 6) is 1.000. The van der Waals surface area contributed by atoms with E-state index in [2.05, 4.69) is 19.8 Å². The first kappa shape index (κ1) is 23.0. The fraction of sp³-hybridized carbons (Fsp3) is 0.364. The first-order chi connectivity index (χ1) is 15.8. The Bertz CT molecular complexity index is 1210. The molecule has 174 valence electrons. The van der Waals surface area contributed by atoms with E-state index in [1.54, 1.807) is 36.4 Å². The number of benzene rings is 2. The van der Waals surface area contributed by atoms with Crippen molar-refractivity contribution in [3.05, 3.63) is 70.1 Å². The van der Waals surface area contributed by atoms with Gasteiger partial charge in [-0.05, 0) is 56.5 Å². The van der Waals surface area contributed by atoms with E-state index in [4.69, 9.17) is 4.52 Å². The Morgan fingerprint density at radius 2 is 1.91 bits per heavy atom. The summed E-state index contributed by atoms with van der Waals surface area (Å²) in [6.07, 6.45) is 1.88. The summed E-state index contributed by atoms with van der Waals surface area (Å²) < 4.78 is 33.2. The van der Waals surface area contributed by atoms with Gasteiger partial charge in [0.1, 0.15) is 0 Å². The third-order valence-corrected chi connectivity index (χ3v) is 7.10. The molecular weight excluding hydrogens is 446 g/mol. The SMILES string of the molecule is Cc1ccc(S(=O)(=O)NCC2CCCN(Cc3nc(-c4ccc([N+](=O)[O-])cc4)no3)C2)cc1. The lowest BCUT2D eigenvalue weighted by Crippen LogP contribution is -2.40. The molecule has 33 heavy (non-hydrogen) atoms. The van der Waals surface area contributed by atoms with E-state index < -0.39 is 14.9 Å².